The van der Waals surface area contributed by atoms with Gasteiger partial charge in [-0.25, -0.2) is 18.4 Å². The van der Waals surface area contributed by atoms with Gasteiger partial charge >= 0.3 is 6.18 Å². The fourth-order valence-corrected chi connectivity index (χ4v) is 4.58. The zero-order chi connectivity index (χ0) is 31.1. The Morgan fingerprint density at radius 1 is 1.12 bits per heavy atom. The Labute approximate surface area is 243 Å². The van der Waals surface area contributed by atoms with Crippen molar-refractivity contribution in [2.24, 2.45) is 0 Å². The second-order valence-electron chi connectivity index (χ2n) is 9.41. The van der Waals surface area contributed by atoms with Gasteiger partial charge in [-0.2, -0.15) is 13.2 Å². The Kier molecular flexibility index (Phi) is 10.7. The van der Waals surface area contributed by atoms with Crippen LogP contribution in [0.25, 0.3) is 0 Å². The summed E-state index contributed by atoms with van der Waals surface area (Å²) in [5, 5.41) is 5.59. The Bertz CT molecular complexity index is 1520. The van der Waals surface area contributed by atoms with E-state index in [1.807, 2.05) is 6.92 Å². The molecule has 0 aliphatic rings. The van der Waals surface area contributed by atoms with Gasteiger partial charge in [0, 0.05) is 32.0 Å². The second-order valence-corrected chi connectivity index (χ2v) is 11.4. The lowest BCUT2D eigenvalue weighted by molar-refractivity contribution is -0.138. The topological polar surface area (TPSA) is 123 Å². The molecule has 1 amide bonds. The van der Waals surface area contributed by atoms with E-state index < -0.39 is 21.8 Å². The predicted octanol–water partition coefficient (Wildman–Crippen LogP) is 4.50. The summed E-state index contributed by atoms with van der Waals surface area (Å²) in [5.74, 6) is -0.196. The molecule has 14 heteroatoms. The summed E-state index contributed by atoms with van der Waals surface area (Å²) in [5.41, 5.74) is 1.12. The lowest BCUT2D eigenvalue weighted by Gasteiger charge is -2.21. The molecule has 0 saturated heterocycles. The number of methoxy groups -OCH3 is 1. The highest BCUT2D eigenvalue weighted by molar-refractivity contribution is 7.92. The van der Waals surface area contributed by atoms with Gasteiger partial charge in [0.25, 0.3) is 5.91 Å². The third kappa shape index (κ3) is 8.55. The molecule has 3 rings (SSSR count). The van der Waals surface area contributed by atoms with E-state index in [0.717, 1.165) is 16.1 Å². The van der Waals surface area contributed by atoms with Crippen molar-refractivity contribution in [2.45, 2.75) is 32.9 Å². The highest BCUT2D eigenvalue weighted by Crippen LogP contribution is 2.34. The van der Waals surface area contributed by atoms with Crippen molar-refractivity contribution in [3.63, 3.8) is 0 Å². The van der Waals surface area contributed by atoms with Crippen LogP contribution in [0.4, 0.5) is 30.5 Å². The van der Waals surface area contributed by atoms with Crippen molar-refractivity contribution < 1.29 is 35.9 Å². The number of benzene rings is 2. The first-order valence-corrected chi connectivity index (χ1v) is 14.9. The van der Waals surface area contributed by atoms with E-state index in [4.69, 9.17) is 9.47 Å². The zero-order valence-electron chi connectivity index (χ0n) is 24.0. The summed E-state index contributed by atoms with van der Waals surface area (Å²) in [7, 11) is -0.813. The molecule has 1 aromatic heterocycles. The van der Waals surface area contributed by atoms with Crippen molar-refractivity contribution in [1.29, 1.82) is 0 Å². The average molecular weight is 610 g/mol. The smallest absolute Gasteiger partial charge is 0.419 e. The molecule has 0 fully saturated rings. The number of alkyl halides is 3. The molecule has 42 heavy (non-hydrogen) atoms. The van der Waals surface area contributed by atoms with Crippen LogP contribution in [-0.2, 0) is 33.8 Å². The zero-order valence-corrected chi connectivity index (χ0v) is 24.8. The Morgan fingerprint density at radius 3 is 2.50 bits per heavy atom. The van der Waals surface area contributed by atoms with Gasteiger partial charge in [-0.15, -0.1) is 0 Å². The van der Waals surface area contributed by atoms with E-state index in [1.54, 1.807) is 25.1 Å². The number of rotatable bonds is 13. The van der Waals surface area contributed by atoms with Gasteiger partial charge in [-0.3, -0.25) is 9.10 Å². The minimum Gasteiger partial charge on any atom is -0.495 e. The molecule has 228 valence electrons. The monoisotopic (exact) mass is 609 g/mol. The van der Waals surface area contributed by atoms with Crippen LogP contribution in [0.2, 0.25) is 0 Å². The highest BCUT2D eigenvalue weighted by Gasteiger charge is 2.35. The predicted molar refractivity (Wildman–Crippen MR) is 154 cm³/mol. The standard InChI is InChI=1S/C28H34F3N5O5S/c1-6-41-14-13-32-26(37)20-10-12-23(25(16-20)40-4)35-27-33-17-21(28(29,30)31)22(34-27)11-9-19-8-7-18(2)15-24(19)36(3)42(5,38)39/h7-8,10,12,15-17H,6,9,11,13-14H2,1-5H3,(H,32,37)(H,33,34,35). The number of carbonyl (C=O) groups is 1. The number of carbonyl (C=O) groups excluding carboxylic acids is 1. The molecule has 2 aromatic carbocycles. The molecule has 1 heterocycles. The first kappa shape index (κ1) is 32.6. The van der Waals surface area contributed by atoms with Crippen LogP contribution >= 0.6 is 0 Å². The van der Waals surface area contributed by atoms with Crippen LogP contribution in [0.5, 0.6) is 5.75 Å². The number of nitrogens with one attached hydrogen (secondary N) is 2. The number of anilines is 3. The van der Waals surface area contributed by atoms with E-state index in [1.165, 1.54) is 32.4 Å². The minimum absolute atomic E-state index is 0.0887. The number of hydrogen-bond acceptors (Lipinski definition) is 8. The van der Waals surface area contributed by atoms with Crippen LogP contribution in [0.3, 0.4) is 0 Å². The van der Waals surface area contributed by atoms with Crippen molar-refractivity contribution in [2.75, 3.05) is 49.8 Å². The van der Waals surface area contributed by atoms with E-state index in [9.17, 15) is 26.4 Å². The van der Waals surface area contributed by atoms with Gasteiger partial charge in [0.2, 0.25) is 16.0 Å². The third-order valence-corrected chi connectivity index (χ3v) is 7.52. The summed E-state index contributed by atoms with van der Waals surface area (Å²) < 4.78 is 77.6. The first-order valence-electron chi connectivity index (χ1n) is 13.0. The number of halogens is 3. The lowest BCUT2D eigenvalue weighted by atomic mass is 10.0. The minimum atomic E-state index is -4.71. The van der Waals surface area contributed by atoms with Crippen LogP contribution in [0.1, 0.15) is 39.7 Å². The summed E-state index contributed by atoms with van der Waals surface area (Å²) in [6.07, 6.45) is -3.00. The van der Waals surface area contributed by atoms with Gasteiger partial charge in [-0.1, -0.05) is 12.1 Å². The van der Waals surface area contributed by atoms with E-state index in [2.05, 4.69) is 20.6 Å². The van der Waals surface area contributed by atoms with E-state index in [0.29, 0.717) is 48.5 Å². The summed E-state index contributed by atoms with van der Waals surface area (Å²) in [6.45, 7) is 4.87. The number of aromatic nitrogens is 2. The summed E-state index contributed by atoms with van der Waals surface area (Å²) in [4.78, 5) is 20.5. The molecule has 0 radical (unpaired) electrons. The molecular weight excluding hydrogens is 575 g/mol. The van der Waals surface area contributed by atoms with Gasteiger partial charge in [0.15, 0.2) is 0 Å². The van der Waals surface area contributed by atoms with Crippen LogP contribution < -0.4 is 19.7 Å². The third-order valence-electron chi connectivity index (χ3n) is 6.33. The lowest BCUT2D eigenvalue weighted by Crippen LogP contribution is -2.27. The Balaban J connectivity index is 1.88. The van der Waals surface area contributed by atoms with Crippen molar-refractivity contribution in [1.82, 2.24) is 15.3 Å². The van der Waals surface area contributed by atoms with Gasteiger partial charge in [0.05, 0.1) is 42.6 Å². The maximum atomic E-state index is 13.9. The normalized spacial score (nSPS) is 11.7. The van der Waals surface area contributed by atoms with E-state index >= 15 is 0 Å². The average Bonchev–Trinajstić information content (AvgIpc) is 2.93. The van der Waals surface area contributed by atoms with Crippen molar-refractivity contribution >= 4 is 33.3 Å². The van der Waals surface area contributed by atoms with Crippen molar-refractivity contribution in [3.8, 4) is 5.75 Å². The number of amides is 1. The van der Waals surface area contributed by atoms with Gasteiger partial charge < -0.3 is 20.1 Å². The summed E-state index contributed by atoms with van der Waals surface area (Å²) >= 11 is 0. The molecule has 3 aromatic rings. The fraction of sp³-hybridized carbons (Fsp3) is 0.393. The molecule has 0 bridgehead atoms. The molecule has 10 nitrogen and oxygen atoms in total. The van der Waals surface area contributed by atoms with Crippen LogP contribution in [0, 0.1) is 6.92 Å². The number of ether oxygens (including phenoxy) is 2. The van der Waals surface area contributed by atoms with Crippen molar-refractivity contribution in [3.05, 3.63) is 70.5 Å². The Hall–Kier alpha value is -3.91. The van der Waals surface area contributed by atoms with Gasteiger partial charge in [-0.05, 0) is 62.1 Å². The Morgan fingerprint density at radius 2 is 1.86 bits per heavy atom. The fourth-order valence-electron chi connectivity index (χ4n) is 4.05. The highest BCUT2D eigenvalue weighted by atomic mass is 32.2. The van der Waals surface area contributed by atoms with Gasteiger partial charge in [0.1, 0.15) is 5.75 Å². The van der Waals surface area contributed by atoms with Crippen LogP contribution in [-0.4, -0.2) is 64.5 Å². The molecule has 0 saturated carbocycles. The van der Waals surface area contributed by atoms with E-state index in [-0.39, 0.29) is 36.1 Å². The first-order chi connectivity index (χ1) is 19.7. The molecular formula is C28H34F3N5O5S. The molecule has 0 atom stereocenters. The SMILES string of the molecule is CCOCCNC(=O)c1ccc(Nc2ncc(C(F)(F)F)c(CCc3ccc(C)cc3N(C)S(C)(=O)=O)n2)c(OC)c1. The quantitative estimate of drug-likeness (QED) is 0.272. The second kappa shape index (κ2) is 13.8. The number of nitrogens with zero attached hydrogens (tertiary/aromatic N) is 3. The molecule has 2 N–H and O–H groups in total. The maximum Gasteiger partial charge on any atom is 0.419 e. The number of hydrogen-bond donors (Lipinski definition) is 2. The largest absolute Gasteiger partial charge is 0.495 e. The summed E-state index contributed by atoms with van der Waals surface area (Å²) in [6, 6.07) is 9.69. The molecule has 0 aliphatic carbocycles. The molecule has 0 aliphatic heterocycles. The van der Waals surface area contributed by atoms with Crippen LogP contribution in [0.15, 0.2) is 42.6 Å². The number of sulfonamides is 1. The maximum absolute atomic E-state index is 13.9. The molecule has 0 unspecified atom stereocenters. The number of aryl methyl sites for hydroxylation is 3. The molecule has 0 spiro atoms.